The van der Waals surface area contributed by atoms with Gasteiger partial charge in [-0.05, 0) is 38.0 Å². The summed E-state index contributed by atoms with van der Waals surface area (Å²) in [5.41, 5.74) is 0.720. The van der Waals surface area contributed by atoms with Crippen LogP contribution in [0.3, 0.4) is 0 Å². The molecule has 0 spiro atoms. The van der Waals surface area contributed by atoms with Crippen molar-refractivity contribution in [1.82, 2.24) is 10.2 Å². The van der Waals surface area contributed by atoms with Crippen molar-refractivity contribution < 1.29 is 14.4 Å². The van der Waals surface area contributed by atoms with E-state index >= 15 is 0 Å². The van der Waals surface area contributed by atoms with Crippen LogP contribution in [0.5, 0.6) is 0 Å². The van der Waals surface area contributed by atoms with Crippen LogP contribution in [0, 0.1) is 0 Å². The van der Waals surface area contributed by atoms with Crippen LogP contribution in [0.2, 0.25) is 5.02 Å². The number of hydrogen-bond acceptors (Lipinski definition) is 3. The molecule has 0 radical (unpaired) electrons. The van der Waals surface area contributed by atoms with E-state index in [1.54, 1.807) is 25.1 Å². The van der Waals surface area contributed by atoms with Gasteiger partial charge in [-0.25, -0.2) is 0 Å². The Labute approximate surface area is 151 Å². The van der Waals surface area contributed by atoms with Gasteiger partial charge in [0.15, 0.2) is 0 Å². The molecule has 1 aliphatic carbocycles. The topological polar surface area (TPSA) is 78.5 Å². The first-order valence-electron chi connectivity index (χ1n) is 8.66. The number of amides is 3. The SMILES string of the molecule is CC(C(=O)NC1CCCCC1)N1CC(=O)Nc2cc(Cl)ccc2C1=O. The van der Waals surface area contributed by atoms with Crippen LogP contribution in [-0.2, 0) is 9.59 Å². The molecule has 1 saturated carbocycles. The highest BCUT2D eigenvalue weighted by molar-refractivity contribution is 6.31. The van der Waals surface area contributed by atoms with Gasteiger partial charge in [0.25, 0.3) is 5.91 Å². The molecule has 1 aromatic rings. The van der Waals surface area contributed by atoms with Crippen molar-refractivity contribution in [3.05, 3.63) is 28.8 Å². The number of benzene rings is 1. The third kappa shape index (κ3) is 3.95. The van der Waals surface area contributed by atoms with Gasteiger partial charge in [-0.2, -0.15) is 0 Å². The van der Waals surface area contributed by atoms with Crippen molar-refractivity contribution in [3.63, 3.8) is 0 Å². The van der Waals surface area contributed by atoms with E-state index in [9.17, 15) is 14.4 Å². The molecule has 134 valence electrons. The fourth-order valence-electron chi connectivity index (χ4n) is 3.40. The number of nitrogens with zero attached hydrogens (tertiary/aromatic N) is 1. The zero-order valence-electron chi connectivity index (χ0n) is 14.2. The highest BCUT2D eigenvalue weighted by Crippen LogP contribution is 2.26. The van der Waals surface area contributed by atoms with Crippen molar-refractivity contribution in [3.8, 4) is 0 Å². The van der Waals surface area contributed by atoms with Crippen LogP contribution in [0.1, 0.15) is 49.4 Å². The molecule has 1 heterocycles. The smallest absolute Gasteiger partial charge is 0.257 e. The third-order valence-corrected chi connectivity index (χ3v) is 5.09. The Bertz CT molecular complexity index is 701. The van der Waals surface area contributed by atoms with Gasteiger partial charge in [0.05, 0.1) is 11.3 Å². The number of anilines is 1. The van der Waals surface area contributed by atoms with Crippen LogP contribution >= 0.6 is 11.6 Å². The lowest BCUT2D eigenvalue weighted by Gasteiger charge is -2.29. The Kier molecular flexibility index (Phi) is 5.27. The van der Waals surface area contributed by atoms with Crippen molar-refractivity contribution in [2.45, 2.75) is 51.1 Å². The standard InChI is InChI=1S/C18H22ClN3O3/c1-11(17(24)20-13-5-3-2-4-6-13)22-10-16(23)21-15-9-12(19)7-8-14(15)18(22)25/h7-9,11,13H,2-6,10H2,1H3,(H,20,24)(H,21,23). The number of nitrogens with one attached hydrogen (secondary N) is 2. The first kappa shape index (κ1) is 17.7. The summed E-state index contributed by atoms with van der Waals surface area (Å²) in [5, 5.41) is 6.13. The Morgan fingerprint density at radius 1 is 1.28 bits per heavy atom. The molecule has 0 saturated heterocycles. The van der Waals surface area contributed by atoms with Crippen LogP contribution in [-0.4, -0.2) is 41.2 Å². The van der Waals surface area contributed by atoms with E-state index in [1.807, 2.05) is 0 Å². The third-order valence-electron chi connectivity index (χ3n) is 4.86. The van der Waals surface area contributed by atoms with E-state index in [1.165, 1.54) is 11.3 Å². The molecule has 1 atom stereocenters. The van der Waals surface area contributed by atoms with E-state index in [4.69, 9.17) is 11.6 Å². The van der Waals surface area contributed by atoms with E-state index < -0.39 is 6.04 Å². The van der Waals surface area contributed by atoms with Crippen molar-refractivity contribution >= 4 is 35.0 Å². The second kappa shape index (κ2) is 7.44. The molecular formula is C18H22ClN3O3. The molecule has 7 heteroatoms. The Morgan fingerprint density at radius 2 is 2.00 bits per heavy atom. The van der Waals surface area contributed by atoms with Crippen LogP contribution in [0.15, 0.2) is 18.2 Å². The average molecular weight is 364 g/mol. The number of carbonyl (C=O) groups excluding carboxylic acids is 3. The Balaban J connectivity index is 1.77. The van der Waals surface area contributed by atoms with Gasteiger partial charge in [-0.15, -0.1) is 0 Å². The maximum Gasteiger partial charge on any atom is 0.257 e. The average Bonchev–Trinajstić information content (AvgIpc) is 2.71. The van der Waals surface area contributed by atoms with Crippen molar-refractivity contribution in [2.24, 2.45) is 0 Å². The molecule has 2 aliphatic rings. The normalized spacial score (nSPS) is 19.7. The van der Waals surface area contributed by atoms with E-state index in [0.717, 1.165) is 25.7 Å². The summed E-state index contributed by atoms with van der Waals surface area (Å²) in [6, 6.07) is 4.15. The predicted octanol–water partition coefficient (Wildman–Crippen LogP) is 2.57. The van der Waals surface area contributed by atoms with Crippen LogP contribution in [0.25, 0.3) is 0 Å². The van der Waals surface area contributed by atoms with Gasteiger partial charge in [0.2, 0.25) is 11.8 Å². The summed E-state index contributed by atoms with van der Waals surface area (Å²) in [6.45, 7) is 1.49. The number of hydrogen-bond donors (Lipinski definition) is 2. The molecule has 25 heavy (non-hydrogen) atoms. The lowest BCUT2D eigenvalue weighted by atomic mass is 9.95. The molecule has 1 fully saturated rings. The molecule has 3 rings (SSSR count). The fourth-order valence-corrected chi connectivity index (χ4v) is 3.57. The molecule has 0 bridgehead atoms. The summed E-state index contributed by atoms with van der Waals surface area (Å²) < 4.78 is 0. The number of carbonyl (C=O) groups is 3. The summed E-state index contributed by atoms with van der Waals surface area (Å²) in [5.74, 6) is -0.909. The first-order valence-corrected chi connectivity index (χ1v) is 9.04. The summed E-state index contributed by atoms with van der Waals surface area (Å²) in [7, 11) is 0. The van der Waals surface area contributed by atoms with Crippen molar-refractivity contribution in [1.29, 1.82) is 0 Å². The van der Waals surface area contributed by atoms with Crippen molar-refractivity contribution in [2.75, 3.05) is 11.9 Å². The monoisotopic (exact) mass is 363 g/mol. The van der Waals surface area contributed by atoms with Gasteiger partial charge in [0.1, 0.15) is 12.6 Å². The number of fused-ring (bicyclic) bond motifs is 1. The molecule has 1 unspecified atom stereocenters. The zero-order chi connectivity index (χ0) is 18.0. The Hall–Kier alpha value is -2.08. The molecule has 2 N–H and O–H groups in total. The largest absolute Gasteiger partial charge is 0.352 e. The molecule has 0 aromatic heterocycles. The van der Waals surface area contributed by atoms with Gasteiger partial charge in [-0.1, -0.05) is 30.9 Å². The minimum absolute atomic E-state index is 0.158. The van der Waals surface area contributed by atoms with E-state index in [2.05, 4.69) is 10.6 Å². The quantitative estimate of drug-likeness (QED) is 0.866. The maximum absolute atomic E-state index is 12.8. The van der Waals surface area contributed by atoms with Crippen LogP contribution in [0.4, 0.5) is 5.69 Å². The van der Waals surface area contributed by atoms with Crippen LogP contribution < -0.4 is 10.6 Å². The summed E-state index contributed by atoms with van der Waals surface area (Å²) in [4.78, 5) is 38.9. The molecule has 6 nitrogen and oxygen atoms in total. The molecule has 1 aliphatic heterocycles. The number of halogens is 1. The summed E-state index contributed by atoms with van der Waals surface area (Å²) >= 11 is 5.94. The summed E-state index contributed by atoms with van der Waals surface area (Å²) in [6.07, 6.45) is 5.35. The predicted molar refractivity (Wildman–Crippen MR) is 95.6 cm³/mol. The lowest BCUT2D eigenvalue weighted by Crippen LogP contribution is -2.51. The fraction of sp³-hybridized carbons (Fsp3) is 0.500. The molecule has 3 amide bonds. The second-order valence-corrected chi connectivity index (χ2v) is 7.13. The van der Waals surface area contributed by atoms with Gasteiger partial charge in [-0.3, -0.25) is 14.4 Å². The molecular weight excluding hydrogens is 342 g/mol. The van der Waals surface area contributed by atoms with Gasteiger partial charge in [0, 0.05) is 11.1 Å². The highest BCUT2D eigenvalue weighted by atomic mass is 35.5. The molecule has 1 aromatic carbocycles. The minimum atomic E-state index is -0.721. The number of rotatable bonds is 3. The highest BCUT2D eigenvalue weighted by Gasteiger charge is 2.33. The minimum Gasteiger partial charge on any atom is -0.352 e. The van der Waals surface area contributed by atoms with Gasteiger partial charge >= 0.3 is 0 Å². The van der Waals surface area contributed by atoms with E-state index in [-0.39, 0.29) is 30.3 Å². The zero-order valence-corrected chi connectivity index (χ0v) is 14.9. The maximum atomic E-state index is 12.8. The van der Waals surface area contributed by atoms with E-state index in [0.29, 0.717) is 16.3 Å². The lowest BCUT2D eigenvalue weighted by molar-refractivity contribution is -0.127. The van der Waals surface area contributed by atoms with Gasteiger partial charge < -0.3 is 15.5 Å². The second-order valence-electron chi connectivity index (χ2n) is 6.69. The Morgan fingerprint density at radius 3 is 2.72 bits per heavy atom. The first-order chi connectivity index (χ1) is 12.0.